The maximum Gasteiger partial charge on any atom is 0.319 e. The third-order valence-corrected chi connectivity index (χ3v) is 4.57. The summed E-state index contributed by atoms with van der Waals surface area (Å²) >= 11 is 11.9. The molecule has 2 aromatic carbocycles. The van der Waals surface area contributed by atoms with Crippen LogP contribution in [0.3, 0.4) is 0 Å². The largest absolute Gasteiger partial charge is 0.337 e. The summed E-state index contributed by atoms with van der Waals surface area (Å²) in [7, 11) is 0. The number of carbonyl (C=O) groups is 1. The van der Waals surface area contributed by atoms with Gasteiger partial charge >= 0.3 is 6.03 Å². The van der Waals surface area contributed by atoms with E-state index < -0.39 is 0 Å². The monoisotopic (exact) mass is 334 g/mol. The minimum absolute atomic E-state index is 0.0801. The molecule has 0 atom stereocenters. The molecule has 3 nitrogen and oxygen atoms in total. The molecular weight excluding hydrogens is 319 g/mol. The summed E-state index contributed by atoms with van der Waals surface area (Å²) in [6.07, 6.45) is 2.18. The van der Waals surface area contributed by atoms with Crippen LogP contribution in [0, 0.1) is 0 Å². The number of carbonyl (C=O) groups excluding carboxylic acids is 1. The molecule has 1 saturated carbocycles. The van der Waals surface area contributed by atoms with Crippen LogP contribution in [0.4, 0.5) is 10.5 Å². The molecule has 1 fully saturated rings. The van der Waals surface area contributed by atoms with Gasteiger partial charge in [-0.25, -0.2) is 4.79 Å². The molecule has 0 heterocycles. The fourth-order valence-electron chi connectivity index (χ4n) is 2.52. The fraction of sp³-hybridized carbons (Fsp3) is 0.235. The Hall–Kier alpha value is -1.71. The number of hydrogen-bond donors (Lipinski definition) is 2. The molecule has 1 aliphatic rings. The molecule has 3 rings (SSSR count). The Labute approximate surface area is 139 Å². The quantitative estimate of drug-likeness (QED) is 0.824. The van der Waals surface area contributed by atoms with E-state index >= 15 is 0 Å². The summed E-state index contributed by atoms with van der Waals surface area (Å²) in [6, 6.07) is 15.0. The molecule has 0 radical (unpaired) electrons. The van der Waals surface area contributed by atoms with E-state index in [0.717, 1.165) is 12.8 Å². The van der Waals surface area contributed by atoms with Crippen LogP contribution in [-0.2, 0) is 5.41 Å². The molecule has 0 aromatic heterocycles. The smallest absolute Gasteiger partial charge is 0.319 e. The van der Waals surface area contributed by atoms with Crippen LogP contribution in [0.15, 0.2) is 48.5 Å². The van der Waals surface area contributed by atoms with Gasteiger partial charge in [0.15, 0.2) is 0 Å². The third-order valence-electron chi connectivity index (χ3n) is 4.00. The van der Waals surface area contributed by atoms with E-state index in [1.165, 1.54) is 5.56 Å². The molecule has 5 heteroatoms. The van der Waals surface area contributed by atoms with E-state index in [1.807, 2.05) is 18.2 Å². The molecule has 1 aliphatic carbocycles. The number of hydrogen-bond acceptors (Lipinski definition) is 1. The van der Waals surface area contributed by atoms with Crippen molar-refractivity contribution in [1.29, 1.82) is 0 Å². The van der Waals surface area contributed by atoms with Gasteiger partial charge < -0.3 is 10.6 Å². The Kier molecular flexibility index (Phi) is 4.27. The lowest BCUT2D eigenvalue weighted by Gasteiger charge is -2.17. The summed E-state index contributed by atoms with van der Waals surface area (Å²) in [6.45, 7) is 0.612. The second-order valence-corrected chi connectivity index (χ2v) is 6.42. The Morgan fingerprint density at radius 2 is 1.82 bits per heavy atom. The first-order valence-electron chi connectivity index (χ1n) is 7.15. The molecule has 2 amide bonds. The number of halogens is 2. The average Bonchev–Trinajstić information content (AvgIpc) is 3.31. The molecule has 22 heavy (non-hydrogen) atoms. The summed E-state index contributed by atoms with van der Waals surface area (Å²) in [5.74, 6) is 0. The van der Waals surface area contributed by atoms with Gasteiger partial charge in [0.05, 0.1) is 10.7 Å². The maximum absolute atomic E-state index is 12.1. The zero-order valence-electron chi connectivity index (χ0n) is 11.9. The predicted molar refractivity (Wildman–Crippen MR) is 90.8 cm³/mol. The minimum atomic E-state index is -0.272. The summed E-state index contributed by atoms with van der Waals surface area (Å²) < 4.78 is 0. The van der Waals surface area contributed by atoms with Gasteiger partial charge in [-0.3, -0.25) is 0 Å². The molecule has 0 saturated heterocycles. The molecule has 0 spiro atoms. The first-order valence-corrected chi connectivity index (χ1v) is 7.90. The van der Waals surface area contributed by atoms with Crippen LogP contribution in [0.1, 0.15) is 18.4 Å². The summed E-state index contributed by atoms with van der Waals surface area (Å²) in [5.41, 5.74) is 1.86. The van der Waals surface area contributed by atoms with Gasteiger partial charge in [-0.15, -0.1) is 0 Å². The molecule has 0 unspecified atom stereocenters. The number of nitrogens with one attached hydrogen (secondary N) is 2. The van der Waals surface area contributed by atoms with Crippen molar-refractivity contribution in [2.75, 3.05) is 11.9 Å². The zero-order chi connectivity index (χ0) is 15.6. The van der Waals surface area contributed by atoms with Crippen molar-refractivity contribution in [3.63, 3.8) is 0 Å². The Morgan fingerprint density at radius 3 is 2.50 bits per heavy atom. The normalized spacial score (nSPS) is 15.2. The highest BCUT2D eigenvalue weighted by Crippen LogP contribution is 2.47. The van der Waals surface area contributed by atoms with Gasteiger partial charge in [-0.1, -0.05) is 53.5 Å². The molecule has 114 valence electrons. The third kappa shape index (κ3) is 3.37. The van der Waals surface area contributed by atoms with E-state index in [4.69, 9.17) is 23.2 Å². The lowest BCUT2D eigenvalue weighted by Crippen LogP contribution is -2.35. The molecular formula is C17H16Cl2N2O. The maximum atomic E-state index is 12.1. The van der Waals surface area contributed by atoms with Gasteiger partial charge in [0.2, 0.25) is 0 Å². The number of amides is 2. The van der Waals surface area contributed by atoms with Gasteiger partial charge in [0.1, 0.15) is 0 Å². The molecule has 0 aliphatic heterocycles. The summed E-state index contributed by atoms with van der Waals surface area (Å²) in [5, 5.41) is 6.66. The molecule has 2 N–H and O–H groups in total. The van der Waals surface area contributed by atoms with Gasteiger partial charge in [-0.2, -0.15) is 0 Å². The first kappa shape index (κ1) is 15.2. The van der Waals surface area contributed by atoms with E-state index in [9.17, 15) is 4.79 Å². The van der Waals surface area contributed by atoms with Crippen LogP contribution in [0.25, 0.3) is 0 Å². The van der Waals surface area contributed by atoms with Crippen LogP contribution >= 0.6 is 23.2 Å². The second kappa shape index (κ2) is 6.19. The molecule has 2 aromatic rings. The highest BCUT2D eigenvalue weighted by Gasteiger charge is 2.44. The highest BCUT2D eigenvalue weighted by molar-refractivity contribution is 6.35. The van der Waals surface area contributed by atoms with Crippen molar-refractivity contribution in [3.8, 4) is 0 Å². The average molecular weight is 335 g/mol. The van der Waals surface area contributed by atoms with Crippen LogP contribution in [-0.4, -0.2) is 12.6 Å². The van der Waals surface area contributed by atoms with Gasteiger partial charge in [0.25, 0.3) is 0 Å². The van der Waals surface area contributed by atoms with Crippen molar-refractivity contribution in [2.24, 2.45) is 0 Å². The number of rotatable bonds is 4. The lowest BCUT2D eigenvalue weighted by atomic mass is 9.96. The van der Waals surface area contributed by atoms with E-state index in [0.29, 0.717) is 22.3 Å². The Balaban J connectivity index is 1.60. The van der Waals surface area contributed by atoms with Crippen molar-refractivity contribution in [1.82, 2.24) is 5.32 Å². The van der Waals surface area contributed by atoms with Crippen LogP contribution < -0.4 is 10.6 Å². The first-order chi connectivity index (χ1) is 10.6. The fourth-order valence-corrected chi connectivity index (χ4v) is 2.86. The SMILES string of the molecule is O=C(NCC1(c2ccccc2)CC1)Nc1cc(Cl)ccc1Cl. The standard InChI is InChI=1S/C17H16Cl2N2O/c18-13-6-7-14(19)15(10-13)21-16(22)20-11-17(8-9-17)12-4-2-1-3-5-12/h1-7,10H,8-9,11H2,(H2,20,21,22). The Morgan fingerprint density at radius 1 is 1.09 bits per heavy atom. The predicted octanol–water partition coefficient (Wildman–Crippen LogP) is 4.85. The van der Waals surface area contributed by atoms with Gasteiger partial charge in [0, 0.05) is 17.0 Å². The molecule has 0 bridgehead atoms. The van der Waals surface area contributed by atoms with Gasteiger partial charge in [-0.05, 0) is 36.6 Å². The lowest BCUT2D eigenvalue weighted by molar-refractivity contribution is 0.251. The van der Waals surface area contributed by atoms with E-state index in [-0.39, 0.29) is 11.4 Å². The van der Waals surface area contributed by atoms with Crippen molar-refractivity contribution < 1.29 is 4.79 Å². The topological polar surface area (TPSA) is 41.1 Å². The van der Waals surface area contributed by atoms with Crippen LogP contribution in [0.2, 0.25) is 10.0 Å². The minimum Gasteiger partial charge on any atom is -0.337 e. The summed E-state index contributed by atoms with van der Waals surface area (Å²) in [4.78, 5) is 12.1. The Bertz CT molecular complexity index is 684. The van der Waals surface area contributed by atoms with Crippen LogP contribution in [0.5, 0.6) is 0 Å². The van der Waals surface area contributed by atoms with E-state index in [1.54, 1.807) is 18.2 Å². The number of benzene rings is 2. The zero-order valence-corrected chi connectivity index (χ0v) is 13.4. The second-order valence-electron chi connectivity index (χ2n) is 5.58. The van der Waals surface area contributed by atoms with Crippen molar-refractivity contribution >= 4 is 34.9 Å². The van der Waals surface area contributed by atoms with E-state index in [2.05, 4.69) is 22.8 Å². The van der Waals surface area contributed by atoms with Crippen molar-refractivity contribution in [3.05, 3.63) is 64.1 Å². The number of anilines is 1. The number of urea groups is 1. The van der Waals surface area contributed by atoms with Crippen molar-refractivity contribution in [2.45, 2.75) is 18.3 Å². The highest BCUT2D eigenvalue weighted by atomic mass is 35.5.